The lowest BCUT2D eigenvalue weighted by atomic mass is 10.2. The Hall–Kier alpha value is -0.930. The molecule has 0 rings (SSSR count). The molecule has 0 amide bonds. The quantitative estimate of drug-likeness (QED) is 0.272. The first kappa shape index (κ1) is 13.1. The summed E-state index contributed by atoms with van der Waals surface area (Å²) in [5, 5.41) is 0. The maximum Gasteiger partial charge on any atom is 0.177 e. The smallest absolute Gasteiger partial charge is 0.177 e. The Kier molecular flexibility index (Phi) is 8.08. The third-order valence-electron chi connectivity index (χ3n) is 1.51. The number of allylic oxidation sites excluding steroid dienone is 3. The number of hydrogen-bond acceptors (Lipinski definition) is 3. The Balaban J connectivity index is 4.12. The van der Waals surface area contributed by atoms with E-state index in [2.05, 4.69) is 0 Å². The minimum absolute atomic E-state index is 0.319. The molecule has 0 unspecified atom stereocenters. The van der Waals surface area contributed by atoms with Crippen molar-refractivity contribution >= 4 is 6.29 Å². The molecular formula is C11H18O3. The van der Waals surface area contributed by atoms with Crippen molar-refractivity contribution in [3.8, 4) is 0 Å². The molecule has 0 bridgehead atoms. The van der Waals surface area contributed by atoms with Crippen molar-refractivity contribution in [2.24, 2.45) is 0 Å². The summed E-state index contributed by atoms with van der Waals surface area (Å²) in [6.07, 6.45) is 5.54. The van der Waals surface area contributed by atoms with E-state index in [1.807, 2.05) is 26.8 Å². The summed E-state index contributed by atoms with van der Waals surface area (Å²) in [7, 11) is 0. The van der Waals surface area contributed by atoms with E-state index in [1.54, 1.807) is 6.08 Å². The summed E-state index contributed by atoms with van der Waals surface area (Å²) in [4.78, 5) is 10.1. The highest BCUT2D eigenvalue weighted by atomic mass is 16.7. The lowest BCUT2D eigenvalue weighted by molar-refractivity contribution is -0.104. The van der Waals surface area contributed by atoms with Crippen LogP contribution in [0.1, 0.15) is 20.8 Å². The van der Waals surface area contributed by atoms with Gasteiger partial charge in [0.1, 0.15) is 6.29 Å². The number of aldehydes is 1. The van der Waals surface area contributed by atoms with E-state index in [9.17, 15) is 4.79 Å². The fraction of sp³-hybridized carbons (Fsp3) is 0.545. The first-order valence-corrected chi connectivity index (χ1v) is 4.78. The third kappa shape index (κ3) is 6.57. The van der Waals surface area contributed by atoms with E-state index in [4.69, 9.17) is 9.47 Å². The third-order valence-corrected chi connectivity index (χ3v) is 1.51. The fourth-order valence-electron chi connectivity index (χ4n) is 0.881. The van der Waals surface area contributed by atoms with Gasteiger partial charge in [-0.1, -0.05) is 6.08 Å². The number of hydrogen-bond donors (Lipinski definition) is 0. The number of ether oxygens (including phenoxy) is 2. The molecule has 3 nitrogen and oxygen atoms in total. The van der Waals surface area contributed by atoms with E-state index in [-0.39, 0.29) is 6.29 Å². The van der Waals surface area contributed by atoms with Crippen LogP contribution in [-0.2, 0) is 14.3 Å². The molecule has 3 heteroatoms. The van der Waals surface area contributed by atoms with Gasteiger partial charge in [0.2, 0.25) is 0 Å². The van der Waals surface area contributed by atoms with E-state index in [0.29, 0.717) is 13.2 Å². The van der Waals surface area contributed by atoms with Gasteiger partial charge in [-0.05, 0) is 38.5 Å². The van der Waals surface area contributed by atoms with Crippen molar-refractivity contribution in [1.29, 1.82) is 0 Å². The van der Waals surface area contributed by atoms with Crippen LogP contribution < -0.4 is 0 Å². The molecule has 0 aromatic heterocycles. The fourth-order valence-corrected chi connectivity index (χ4v) is 0.881. The number of carbonyl (C=O) groups is 1. The van der Waals surface area contributed by atoms with Gasteiger partial charge in [-0.15, -0.1) is 0 Å². The second-order valence-corrected chi connectivity index (χ2v) is 2.68. The SMILES string of the molecule is CCOC(/C=C/C(C)=C/C=O)OCC. The van der Waals surface area contributed by atoms with Crippen molar-refractivity contribution in [3.05, 3.63) is 23.8 Å². The standard InChI is InChI=1S/C11H18O3/c1-4-13-11(14-5-2)7-6-10(3)8-9-12/h6-9,11H,4-5H2,1-3H3/b7-6+,10-8+. The molecule has 0 fully saturated rings. The van der Waals surface area contributed by atoms with Gasteiger partial charge < -0.3 is 9.47 Å². The summed E-state index contributed by atoms with van der Waals surface area (Å²) in [5.74, 6) is 0. The average molecular weight is 198 g/mol. The van der Waals surface area contributed by atoms with Crippen LogP contribution in [0.25, 0.3) is 0 Å². The first-order chi connectivity index (χ1) is 6.74. The lowest BCUT2D eigenvalue weighted by Crippen LogP contribution is -2.14. The van der Waals surface area contributed by atoms with E-state index < -0.39 is 0 Å². The van der Waals surface area contributed by atoms with Crippen molar-refractivity contribution in [3.63, 3.8) is 0 Å². The predicted octanol–water partition coefficient (Wildman–Crippen LogP) is 2.09. The number of carbonyl (C=O) groups excluding carboxylic acids is 1. The van der Waals surface area contributed by atoms with Crippen molar-refractivity contribution in [2.75, 3.05) is 13.2 Å². The molecule has 0 aromatic carbocycles. The molecule has 0 aliphatic rings. The second kappa shape index (κ2) is 8.66. The van der Waals surface area contributed by atoms with Crippen LogP contribution in [0.5, 0.6) is 0 Å². The van der Waals surface area contributed by atoms with E-state index in [0.717, 1.165) is 11.9 Å². The maximum absolute atomic E-state index is 10.1. The molecule has 0 N–H and O–H groups in total. The predicted molar refractivity (Wildman–Crippen MR) is 56.0 cm³/mol. The van der Waals surface area contributed by atoms with Gasteiger partial charge in [0.25, 0.3) is 0 Å². The molecular weight excluding hydrogens is 180 g/mol. The van der Waals surface area contributed by atoms with Crippen LogP contribution in [0.4, 0.5) is 0 Å². The summed E-state index contributed by atoms with van der Waals surface area (Å²) < 4.78 is 10.6. The Bertz CT molecular complexity index is 201. The van der Waals surface area contributed by atoms with Crippen LogP contribution in [0.3, 0.4) is 0 Å². The molecule has 0 radical (unpaired) electrons. The van der Waals surface area contributed by atoms with Gasteiger partial charge in [-0.25, -0.2) is 0 Å². The molecule has 0 saturated carbocycles. The molecule has 0 aliphatic heterocycles. The van der Waals surface area contributed by atoms with Crippen molar-refractivity contribution in [2.45, 2.75) is 27.1 Å². The highest BCUT2D eigenvalue weighted by Gasteiger charge is 2.00. The van der Waals surface area contributed by atoms with Crippen LogP contribution in [0.2, 0.25) is 0 Å². The molecule has 0 aromatic rings. The maximum atomic E-state index is 10.1. The Morgan fingerprint density at radius 1 is 1.29 bits per heavy atom. The summed E-state index contributed by atoms with van der Waals surface area (Å²) in [6.45, 7) is 6.87. The van der Waals surface area contributed by atoms with Gasteiger partial charge in [-0.2, -0.15) is 0 Å². The van der Waals surface area contributed by atoms with Gasteiger partial charge in [0.15, 0.2) is 6.29 Å². The highest BCUT2D eigenvalue weighted by molar-refractivity contribution is 5.66. The Labute approximate surface area is 85.4 Å². The minimum Gasteiger partial charge on any atom is -0.349 e. The van der Waals surface area contributed by atoms with Crippen molar-refractivity contribution in [1.82, 2.24) is 0 Å². The lowest BCUT2D eigenvalue weighted by Gasteiger charge is -2.12. The van der Waals surface area contributed by atoms with Crippen LogP contribution in [0.15, 0.2) is 23.8 Å². The van der Waals surface area contributed by atoms with Crippen molar-refractivity contribution < 1.29 is 14.3 Å². The average Bonchev–Trinajstić information content (AvgIpc) is 2.15. The highest BCUT2D eigenvalue weighted by Crippen LogP contribution is 2.01. The Morgan fingerprint density at radius 2 is 1.86 bits per heavy atom. The van der Waals surface area contributed by atoms with Gasteiger partial charge in [-0.3, -0.25) is 4.79 Å². The minimum atomic E-state index is -0.319. The second-order valence-electron chi connectivity index (χ2n) is 2.68. The summed E-state index contributed by atoms with van der Waals surface area (Å²) >= 11 is 0. The van der Waals surface area contributed by atoms with Gasteiger partial charge >= 0.3 is 0 Å². The molecule has 0 atom stereocenters. The van der Waals surface area contributed by atoms with E-state index >= 15 is 0 Å². The molecule has 0 saturated heterocycles. The van der Waals surface area contributed by atoms with Crippen LogP contribution in [0, 0.1) is 0 Å². The van der Waals surface area contributed by atoms with Crippen LogP contribution >= 0.6 is 0 Å². The van der Waals surface area contributed by atoms with Crippen LogP contribution in [-0.4, -0.2) is 25.8 Å². The normalized spacial score (nSPS) is 12.7. The van der Waals surface area contributed by atoms with Gasteiger partial charge in [0, 0.05) is 13.2 Å². The zero-order valence-electron chi connectivity index (χ0n) is 9.03. The molecule has 14 heavy (non-hydrogen) atoms. The molecule has 0 spiro atoms. The topological polar surface area (TPSA) is 35.5 Å². The first-order valence-electron chi connectivity index (χ1n) is 4.78. The van der Waals surface area contributed by atoms with E-state index in [1.165, 1.54) is 6.08 Å². The monoisotopic (exact) mass is 198 g/mol. The Morgan fingerprint density at radius 3 is 2.29 bits per heavy atom. The summed E-state index contributed by atoms with van der Waals surface area (Å²) in [5.41, 5.74) is 0.879. The molecule has 0 aliphatic carbocycles. The largest absolute Gasteiger partial charge is 0.349 e. The zero-order chi connectivity index (χ0) is 10.8. The number of rotatable bonds is 7. The molecule has 80 valence electrons. The van der Waals surface area contributed by atoms with Gasteiger partial charge in [0.05, 0.1) is 0 Å². The zero-order valence-corrected chi connectivity index (χ0v) is 9.03. The summed E-state index contributed by atoms with van der Waals surface area (Å²) in [6, 6.07) is 0. The molecule has 0 heterocycles.